The number of anilines is 1. The Morgan fingerprint density at radius 2 is 1.69 bits per heavy atom. The van der Waals surface area contributed by atoms with E-state index in [2.05, 4.69) is 10.0 Å². The van der Waals surface area contributed by atoms with Crippen LogP contribution >= 0.6 is 0 Å². The Bertz CT molecular complexity index is 919. The topological polar surface area (TPSA) is 75.3 Å². The fraction of sp³-hybridized carbons (Fsp3) is 0.350. The maximum absolute atomic E-state index is 11.9. The first-order valence-corrected chi connectivity index (χ1v) is 10.3. The monoisotopic (exact) mass is 372 g/mol. The van der Waals surface area contributed by atoms with Crippen molar-refractivity contribution in [2.75, 3.05) is 11.9 Å². The summed E-state index contributed by atoms with van der Waals surface area (Å²) in [5.74, 6) is 0.115. The Morgan fingerprint density at radius 3 is 2.35 bits per heavy atom. The van der Waals surface area contributed by atoms with Gasteiger partial charge in [-0.3, -0.25) is 4.79 Å². The van der Waals surface area contributed by atoms with E-state index in [1.807, 2.05) is 49.4 Å². The lowest BCUT2D eigenvalue weighted by Crippen LogP contribution is -2.33. The van der Waals surface area contributed by atoms with E-state index >= 15 is 0 Å². The highest BCUT2D eigenvalue weighted by Gasteiger charge is 2.18. The fourth-order valence-corrected chi connectivity index (χ4v) is 3.75. The number of carbonyl (C=O) groups is 1. The third kappa shape index (κ3) is 3.97. The molecule has 1 amide bonds. The van der Waals surface area contributed by atoms with E-state index in [4.69, 9.17) is 0 Å². The van der Waals surface area contributed by atoms with Crippen molar-refractivity contribution in [1.82, 2.24) is 4.72 Å². The first-order valence-electron chi connectivity index (χ1n) is 8.78. The quantitative estimate of drug-likeness (QED) is 0.817. The van der Waals surface area contributed by atoms with Gasteiger partial charge in [-0.15, -0.1) is 0 Å². The summed E-state index contributed by atoms with van der Waals surface area (Å²) in [4.78, 5) is 11.5. The molecule has 3 rings (SSSR count). The molecule has 0 saturated heterocycles. The molecule has 0 radical (unpaired) electrons. The molecule has 2 aromatic carbocycles. The number of rotatable bonds is 6. The summed E-state index contributed by atoms with van der Waals surface area (Å²) >= 11 is 0. The largest absolute Gasteiger partial charge is 0.326 e. The molecule has 2 aromatic rings. The standard InChI is InChI=1S/C20H24N2O3S/c1-13(2)26(24,25)21-12-14(3)15-4-6-16(7-5-15)17-8-9-19-18(10-17)11-20(23)22-19/h4-10,13-14,21H,11-12H2,1-3H3,(H,22,23). The van der Waals surface area contributed by atoms with Crippen molar-refractivity contribution in [3.63, 3.8) is 0 Å². The van der Waals surface area contributed by atoms with Crippen LogP contribution in [0.15, 0.2) is 42.5 Å². The summed E-state index contributed by atoms with van der Waals surface area (Å²) in [6.07, 6.45) is 0.425. The summed E-state index contributed by atoms with van der Waals surface area (Å²) in [6.45, 7) is 5.72. The highest BCUT2D eigenvalue weighted by atomic mass is 32.2. The van der Waals surface area contributed by atoms with Gasteiger partial charge in [0.05, 0.1) is 11.7 Å². The lowest BCUT2D eigenvalue weighted by Gasteiger charge is -2.15. The number of carbonyl (C=O) groups excluding carboxylic acids is 1. The molecule has 0 bridgehead atoms. The number of fused-ring (bicyclic) bond motifs is 1. The van der Waals surface area contributed by atoms with Gasteiger partial charge in [0, 0.05) is 12.2 Å². The smallest absolute Gasteiger partial charge is 0.228 e. The van der Waals surface area contributed by atoms with Crippen molar-refractivity contribution in [3.05, 3.63) is 53.6 Å². The lowest BCUT2D eigenvalue weighted by atomic mass is 9.96. The lowest BCUT2D eigenvalue weighted by molar-refractivity contribution is -0.115. The molecule has 1 atom stereocenters. The van der Waals surface area contributed by atoms with Crippen molar-refractivity contribution in [2.24, 2.45) is 0 Å². The van der Waals surface area contributed by atoms with Gasteiger partial charge in [0.2, 0.25) is 15.9 Å². The van der Waals surface area contributed by atoms with E-state index in [0.29, 0.717) is 13.0 Å². The third-order valence-electron chi connectivity index (χ3n) is 4.75. The number of sulfonamides is 1. The Kier molecular flexibility index (Phi) is 5.16. The minimum Gasteiger partial charge on any atom is -0.326 e. The zero-order valence-corrected chi connectivity index (χ0v) is 16.1. The summed E-state index contributed by atoms with van der Waals surface area (Å²) in [7, 11) is -3.25. The molecule has 1 aliphatic heterocycles. The highest BCUT2D eigenvalue weighted by molar-refractivity contribution is 7.90. The predicted molar refractivity (Wildman–Crippen MR) is 105 cm³/mol. The Balaban J connectivity index is 1.71. The highest BCUT2D eigenvalue weighted by Crippen LogP contribution is 2.29. The molecule has 26 heavy (non-hydrogen) atoms. The molecular formula is C20H24N2O3S. The van der Waals surface area contributed by atoms with Gasteiger partial charge in [0.25, 0.3) is 0 Å². The number of nitrogens with one attached hydrogen (secondary N) is 2. The Labute approximate surface area is 154 Å². The maximum atomic E-state index is 11.9. The molecule has 5 nitrogen and oxygen atoms in total. The van der Waals surface area contributed by atoms with Gasteiger partial charge in [-0.25, -0.2) is 13.1 Å². The minimum atomic E-state index is -3.25. The molecule has 0 spiro atoms. The maximum Gasteiger partial charge on any atom is 0.228 e. The van der Waals surface area contributed by atoms with E-state index in [1.165, 1.54) is 0 Å². The summed E-state index contributed by atoms with van der Waals surface area (Å²) in [6, 6.07) is 14.1. The Morgan fingerprint density at radius 1 is 1.04 bits per heavy atom. The Hall–Kier alpha value is -2.18. The zero-order chi connectivity index (χ0) is 18.9. The third-order valence-corrected chi connectivity index (χ3v) is 6.56. The molecule has 6 heteroatoms. The van der Waals surface area contributed by atoms with Gasteiger partial charge < -0.3 is 5.32 Å². The van der Waals surface area contributed by atoms with Crippen LogP contribution in [-0.2, 0) is 21.2 Å². The average molecular weight is 372 g/mol. The average Bonchev–Trinajstić information content (AvgIpc) is 2.99. The van der Waals surface area contributed by atoms with Crippen molar-refractivity contribution >= 4 is 21.6 Å². The second kappa shape index (κ2) is 7.21. The van der Waals surface area contributed by atoms with Gasteiger partial charge in [-0.05, 0) is 54.2 Å². The SMILES string of the molecule is CC(CNS(=O)(=O)C(C)C)c1ccc(-c2ccc3c(c2)CC(=O)N3)cc1. The van der Waals surface area contributed by atoms with Crippen molar-refractivity contribution < 1.29 is 13.2 Å². The van der Waals surface area contributed by atoms with E-state index in [-0.39, 0.29) is 11.8 Å². The van der Waals surface area contributed by atoms with Crippen molar-refractivity contribution in [2.45, 2.75) is 38.4 Å². The van der Waals surface area contributed by atoms with Crippen LogP contribution in [0, 0.1) is 0 Å². The predicted octanol–water partition coefficient (Wildman–Crippen LogP) is 3.28. The normalized spacial score (nSPS) is 15.0. The molecule has 2 N–H and O–H groups in total. The first-order chi connectivity index (χ1) is 12.3. The van der Waals surface area contributed by atoms with Crippen LogP contribution in [-0.4, -0.2) is 26.1 Å². The van der Waals surface area contributed by atoms with Crippen LogP contribution in [0.5, 0.6) is 0 Å². The second-order valence-electron chi connectivity index (χ2n) is 7.06. The van der Waals surface area contributed by atoms with Crippen LogP contribution in [0.4, 0.5) is 5.69 Å². The molecule has 0 fully saturated rings. The van der Waals surface area contributed by atoms with Crippen LogP contribution in [0.2, 0.25) is 0 Å². The molecule has 0 aliphatic carbocycles. The molecular weight excluding hydrogens is 348 g/mol. The molecule has 0 saturated carbocycles. The second-order valence-corrected chi connectivity index (χ2v) is 9.38. The van der Waals surface area contributed by atoms with Gasteiger partial charge in [-0.2, -0.15) is 0 Å². The summed E-state index contributed by atoms with van der Waals surface area (Å²) < 4.78 is 26.4. The van der Waals surface area contributed by atoms with Gasteiger partial charge in [-0.1, -0.05) is 37.3 Å². The van der Waals surface area contributed by atoms with Crippen molar-refractivity contribution in [3.8, 4) is 11.1 Å². The fourth-order valence-electron chi connectivity index (χ4n) is 2.94. The van der Waals surface area contributed by atoms with Crippen LogP contribution < -0.4 is 10.0 Å². The molecule has 1 heterocycles. The molecule has 0 aromatic heterocycles. The van der Waals surface area contributed by atoms with E-state index < -0.39 is 15.3 Å². The number of hydrogen-bond donors (Lipinski definition) is 2. The van der Waals surface area contributed by atoms with E-state index in [9.17, 15) is 13.2 Å². The van der Waals surface area contributed by atoms with Gasteiger partial charge >= 0.3 is 0 Å². The number of amides is 1. The summed E-state index contributed by atoms with van der Waals surface area (Å²) in [5, 5.41) is 2.41. The van der Waals surface area contributed by atoms with Crippen LogP contribution in [0.1, 0.15) is 37.8 Å². The number of benzene rings is 2. The van der Waals surface area contributed by atoms with Crippen LogP contribution in [0.3, 0.4) is 0 Å². The van der Waals surface area contributed by atoms with Crippen molar-refractivity contribution in [1.29, 1.82) is 0 Å². The van der Waals surface area contributed by atoms with E-state index in [0.717, 1.165) is 27.9 Å². The minimum absolute atomic E-state index is 0.0326. The van der Waals surface area contributed by atoms with Gasteiger partial charge in [0.1, 0.15) is 0 Å². The molecule has 138 valence electrons. The molecule has 1 aliphatic rings. The summed E-state index contributed by atoms with van der Waals surface area (Å²) in [5.41, 5.74) is 5.14. The number of hydrogen-bond acceptors (Lipinski definition) is 3. The zero-order valence-electron chi connectivity index (χ0n) is 15.2. The van der Waals surface area contributed by atoms with Gasteiger partial charge in [0.15, 0.2) is 0 Å². The molecule has 1 unspecified atom stereocenters. The van der Waals surface area contributed by atoms with E-state index in [1.54, 1.807) is 13.8 Å². The first kappa shape index (κ1) is 18.6. The van der Waals surface area contributed by atoms with Crippen LogP contribution in [0.25, 0.3) is 11.1 Å².